The SMILES string of the molecule is CCCCCCCCCC(=O)OC(C)c1ccc(-c2ccc(OCCCCCCC)cc2)cc1. The number of hydrogen-bond acceptors (Lipinski definition) is 3. The maximum atomic E-state index is 12.2. The lowest BCUT2D eigenvalue weighted by atomic mass is 10.0. The Hall–Kier alpha value is -2.29. The van der Waals surface area contributed by atoms with Gasteiger partial charge in [-0.05, 0) is 48.6 Å². The number of benzene rings is 2. The van der Waals surface area contributed by atoms with E-state index >= 15 is 0 Å². The van der Waals surface area contributed by atoms with Gasteiger partial charge in [-0.3, -0.25) is 4.79 Å². The molecule has 0 radical (unpaired) electrons. The third-order valence-electron chi connectivity index (χ3n) is 6.38. The molecule has 3 nitrogen and oxygen atoms in total. The minimum Gasteiger partial charge on any atom is -0.494 e. The van der Waals surface area contributed by atoms with Crippen molar-refractivity contribution in [2.45, 2.75) is 110 Å². The number of unbranched alkanes of at least 4 members (excludes halogenated alkanes) is 10. The molecule has 3 heteroatoms. The number of ether oxygens (including phenoxy) is 2. The Balaban J connectivity index is 1.71. The Morgan fingerprint density at radius 3 is 1.76 bits per heavy atom. The summed E-state index contributed by atoms with van der Waals surface area (Å²) in [7, 11) is 0. The summed E-state index contributed by atoms with van der Waals surface area (Å²) in [5.41, 5.74) is 3.33. The van der Waals surface area contributed by atoms with E-state index in [1.807, 2.05) is 19.1 Å². The summed E-state index contributed by atoms with van der Waals surface area (Å²) in [6, 6.07) is 16.6. The molecular formula is C31H46O3. The van der Waals surface area contributed by atoms with Crippen LogP contribution in [0, 0.1) is 0 Å². The number of carbonyl (C=O) groups excluding carboxylic acids is 1. The highest BCUT2D eigenvalue weighted by atomic mass is 16.5. The molecule has 2 aromatic rings. The highest BCUT2D eigenvalue weighted by Crippen LogP contribution is 2.26. The number of rotatable bonds is 18. The molecule has 0 aliphatic carbocycles. The first-order chi connectivity index (χ1) is 16.6. The molecule has 0 saturated heterocycles. The van der Waals surface area contributed by atoms with Gasteiger partial charge in [0.1, 0.15) is 11.9 Å². The molecule has 188 valence electrons. The zero-order valence-corrected chi connectivity index (χ0v) is 21.8. The lowest BCUT2D eigenvalue weighted by Crippen LogP contribution is -2.08. The lowest BCUT2D eigenvalue weighted by Gasteiger charge is -2.14. The van der Waals surface area contributed by atoms with Gasteiger partial charge in [-0.15, -0.1) is 0 Å². The first-order valence-electron chi connectivity index (χ1n) is 13.7. The van der Waals surface area contributed by atoms with Gasteiger partial charge in [-0.25, -0.2) is 0 Å². The van der Waals surface area contributed by atoms with Crippen molar-refractivity contribution in [3.05, 3.63) is 54.1 Å². The Morgan fingerprint density at radius 2 is 1.18 bits per heavy atom. The predicted molar refractivity (Wildman–Crippen MR) is 143 cm³/mol. The second-order valence-corrected chi connectivity index (χ2v) is 9.41. The number of carbonyl (C=O) groups is 1. The molecule has 0 saturated carbocycles. The van der Waals surface area contributed by atoms with Crippen molar-refractivity contribution in [2.75, 3.05) is 6.61 Å². The van der Waals surface area contributed by atoms with Crippen LogP contribution in [0.3, 0.4) is 0 Å². The predicted octanol–water partition coefficient (Wildman–Crippen LogP) is 9.45. The first kappa shape index (κ1) is 28.0. The third-order valence-corrected chi connectivity index (χ3v) is 6.38. The van der Waals surface area contributed by atoms with Crippen LogP contribution in [0.4, 0.5) is 0 Å². The van der Waals surface area contributed by atoms with Gasteiger partial charge < -0.3 is 9.47 Å². The van der Waals surface area contributed by atoms with E-state index in [9.17, 15) is 4.79 Å². The van der Waals surface area contributed by atoms with Crippen LogP contribution in [0.2, 0.25) is 0 Å². The summed E-state index contributed by atoms with van der Waals surface area (Å²) in [5.74, 6) is 0.837. The second-order valence-electron chi connectivity index (χ2n) is 9.41. The summed E-state index contributed by atoms with van der Waals surface area (Å²) < 4.78 is 11.5. The van der Waals surface area contributed by atoms with Crippen molar-refractivity contribution < 1.29 is 14.3 Å². The fraction of sp³-hybridized carbons (Fsp3) is 0.581. The summed E-state index contributed by atoms with van der Waals surface area (Å²) in [4.78, 5) is 12.2. The van der Waals surface area contributed by atoms with Crippen LogP contribution in [0.15, 0.2) is 48.5 Å². The summed E-state index contributed by atoms with van der Waals surface area (Å²) in [5, 5.41) is 0. The van der Waals surface area contributed by atoms with Crippen molar-refractivity contribution in [3.8, 4) is 16.9 Å². The minimum atomic E-state index is -0.223. The molecule has 0 N–H and O–H groups in total. The van der Waals surface area contributed by atoms with Gasteiger partial charge in [-0.1, -0.05) is 114 Å². The Bertz CT molecular complexity index is 779. The molecular weight excluding hydrogens is 420 g/mol. The summed E-state index contributed by atoms with van der Waals surface area (Å²) >= 11 is 0. The van der Waals surface area contributed by atoms with Crippen LogP contribution in [0.1, 0.15) is 116 Å². The maximum Gasteiger partial charge on any atom is 0.306 e. The van der Waals surface area contributed by atoms with Crippen molar-refractivity contribution in [1.29, 1.82) is 0 Å². The standard InChI is InChI=1S/C31H46O3/c1-4-6-8-10-11-12-14-16-31(32)34-26(3)27-17-19-28(20-18-27)29-21-23-30(24-22-29)33-25-15-13-9-7-5-2/h17-24,26H,4-16,25H2,1-3H3. The van der Waals surface area contributed by atoms with E-state index in [1.54, 1.807) is 0 Å². The normalized spacial score (nSPS) is 11.9. The van der Waals surface area contributed by atoms with E-state index in [-0.39, 0.29) is 12.1 Å². The van der Waals surface area contributed by atoms with Crippen LogP contribution >= 0.6 is 0 Å². The van der Waals surface area contributed by atoms with Crippen LogP contribution in [0.5, 0.6) is 5.75 Å². The maximum absolute atomic E-state index is 12.2. The third kappa shape index (κ3) is 11.2. The van der Waals surface area contributed by atoms with Gasteiger partial charge in [0.2, 0.25) is 0 Å². The molecule has 2 rings (SSSR count). The quantitative estimate of drug-likeness (QED) is 0.162. The molecule has 0 aliphatic rings. The average Bonchev–Trinajstić information content (AvgIpc) is 2.86. The van der Waals surface area contributed by atoms with Crippen LogP contribution in [-0.2, 0) is 9.53 Å². The number of esters is 1. The zero-order valence-electron chi connectivity index (χ0n) is 21.8. The first-order valence-corrected chi connectivity index (χ1v) is 13.7. The largest absolute Gasteiger partial charge is 0.494 e. The molecule has 0 fully saturated rings. The summed E-state index contributed by atoms with van der Waals surface area (Å²) in [6.07, 6.45) is 15.0. The van der Waals surface area contributed by atoms with E-state index in [1.165, 1.54) is 57.8 Å². The Kier molecular flexibility index (Phi) is 14.1. The Labute approximate surface area is 208 Å². The van der Waals surface area contributed by atoms with Gasteiger partial charge in [0.25, 0.3) is 0 Å². The van der Waals surface area contributed by atoms with E-state index < -0.39 is 0 Å². The minimum absolute atomic E-state index is 0.0916. The zero-order chi connectivity index (χ0) is 24.4. The molecule has 0 aromatic heterocycles. The fourth-order valence-corrected chi connectivity index (χ4v) is 4.14. The van der Waals surface area contributed by atoms with Gasteiger partial charge in [-0.2, -0.15) is 0 Å². The fourth-order valence-electron chi connectivity index (χ4n) is 4.14. The number of hydrogen-bond donors (Lipinski definition) is 0. The highest BCUT2D eigenvalue weighted by Gasteiger charge is 2.12. The molecule has 1 atom stereocenters. The van der Waals surface area contributed by atoms with Crippen LogP contribution in [-0.4, -0.2) is 12.6 Å². The van der Waals surface area contributed by atoms with Crippen molar-refractivity contribution in [2.24, 2.45) is 0 Å². The monoisotopic (exact) mass is 466 g/mol. The molecule has 0 aliphatic heterocycles. The van der Waals surface area contributed by atoms with Crippen LogP contribution in [0.25, 0.3) is 11.1 Å². The highest BCUT2D eigenvalue weighted by molar-refractivity contribution is 5.69. The molecule has 1 unspecified atom stereocenters. The van der Waals surface area contributed by atoms with E-state index in [0.717, 1.165) is 48.3 Å². The van der Waals surface area contributed by atoms with Gasteiger partial charge >= 0.3 is 5.97 Å². The van der Waals surface area contributed by atoms with Gasteiger partial charge in [0, 0.05) is 6.42 Å². The molecule has 2 aromatic carbocycles. The topological polar surface area (TPSA) is 35.5 Å². The van der Waals surface area contributed by atoms with Crippen molar-refractivity contribution >= 4 is 5.97 Å². The average molecular weight is 467 g/mol. The van der Waals surface area contributed by atoms with Gasteiger partial charge in [0.05, 0.1) is 6.61 Å². The van der Waals surface area contributed by atoms with Crippen molar-refractivity contribution in [3.63, 3.8) is 0 Å². The molecule has 0 bridgehead atoms. The van der Waals surface area contributed by atoms with Crippen molar-refractivity contribution in [1.82, 2.24) is 0 Å². The molecule has 0 amide bonds. The molecule has 0 heterocycles. The lowest BCUT2D eigenvalue weighted by molar-refractivity contribution is -0.148. The molecule has 0 spiro atoms. The second kappa shape index (κ2) is 17.2. The van der Waals surface area contributed by atoms with E-state index in [4.69, 9.17) is 9.47 Å². The Morgan fingerprint density at radius 1 is 0.676 bits per heavy atom. The van der Waals surface area contributed by atoms with E-state index in [0.29, 0.717) is 6.42 Å². The summed E-state index contributed by atoms with van der Waals surface area (Å²) in [6.45, 7) is 7.20. The smallest absolute Gasteiger partial charge is 0.306 e. The van der Waals surface area contributed by atoms with E-state index in [2.05, 4.69) is 50.2 Å². The van der Waals surface area contributed by atoms with Gasteiger partial charge in [0.15, 0.2) is 0 Å². The molecule has 34 heavy (non-hydrogen) atoms. The van der Waals surface area contributed by atoms with Crippen LogP contribution < -0.4 is 4.74 Å².